The maximum absolute atomic E-state index is 13.0. The largest absolute Gasteiger partial charge is 0.462 e. The minimum Gasteiger partial charge on any atom is -0.462 e. The molecule has 4 rings (SSSR count). The lowest BCUT2D eigenvalue weighted by molar-refractivity contribution is -0.139. The first-order valence-corrected chi connectivity index (χ1v) is 9.55. The Balaban J connectivity index is 2.05. The third-order valence-electron chi connectivity index (χ3n) is 4.64. The van der Waals surface area contributed by atoms with Crippen molar-refractivity contribution in [2.75, 3.05) is 6.61 Å². The molecule has 1 aromatic heterocycles. The zero-order valence-electron chi connectivity index (χ0n) is 15.0. The number of aromatic nitrogens is 1. The van der Waals surface area contributed by atoms with E-state index in [4.69, 9.17) is 15.2 Å². The van der Waals surface area contributed by atoms with E-state index in [-0.39, 0.29) is 23.6 Å². The Morgan fingerprint density at radius 3 is 2.79 bits per heavy atom. The number of H-pyrrole nitrogens is 1. The van der Waals surface area contributed by atoms with Crippen LogP contribution in [0.3, 0.4) is 0 Å². The van der Waals surface area contributed by atoms with E-state index in [2.05, 4.69) is 20.9 Å². The molecule has 0 spiro atoms. The topological polar surface area (TPSA) is 94.4 Å². The number of para-hydroxylation sites is 1. The van der Waals surface area contributed by atoms with Crippen LogP contribution in [-0.4, -0.2) is 17.6 Å². The number of halogens is 1. The van der Waals surface area contributed by atoms with Crippen molar-refractivity contribution in [3.05, 3.63) is 85.9 Å². The van der Waals surface area contributed by atoms with Gasteiger partial charge in [-0.3, -0.25) is 4.79 Å². The molecule has 2 heterocycles. The molecular weight excluding hydrogens is 424 g/mol. The number of fused-ring (bicyclic) bond motifs is 3. The molecule has 0 amide bonds. The highest BCUT2D eigenvalue weighted by Gasteiger charge is 2.38. The summed E-state index contributed by atoms with van der Waals surface area (Å²) in [5.41, 5.74) is 7.63. The zero-order chi connectivity index (χ0) is 19.8. The summed E-state index contributed by atoms with van der Waals surface area (Å²) in [6.07, 6.45) is 0. The van der Waals surface area contributed by atoms with Gasteiger partial charge in [-0.25, -0.2) is 4.79 Å². The Kier molecular flexibility index (Phi) is 4.68. The van der Waals surface area contributed by atoms with Crippen LogP contribution in [-0.2, 0) is 9.53 Å². The standard InChI is InChI=1S/C21H17BrN2O4/c1-2-27-21(26)17-15(11-6-5-7-12(22)10-11)16-18(28-19(17)23)13-8-3-4-9-14(13)24-20(16)25/h3-10,15H,2,23H2,1H3,(H,24,25)/t15-/m0/s1. The van der Waals surface area contributed by atoms with E-state index >= 15 is 0 Å². The van der Waals surface area contributed by atoms with Gasteiger partial charge in [-0.15, -0.1) is 0 Å². The molecule has 0 radical (unpaired) electrons. The summed E-state index contributed by atoms with van der Waals surface area (Å²) in [4.78, 5) is 28.6. The molecule has 0 bridgehead atoms. The van der Waals surface area contributed by atoms with Crippen molar-refractivity contribution in [2.24, 2.45) is 5.73 Å². The molecule has 0 saturated carbocycles. The predicted octanol–water partition coefficient (Wildman–Crippen LogP) is 3.55. The van der Waals surface area contributed by atoms with Crippen LogP contribution in [0.25, 0.3) is 10.9 Å². The maximum atomic E-state index is 13.0. The predicted molar refractivity (Wildman–Crippen MR) is 109 cm³/mol. The fourth-order valence-corrected chi connectivity index (χ4v) is 3.92. The number of hydrogen-bond acceptors (Lipinski definition) is 5. The molecule has 7 heteroatoms. The van der Waals surface area contributed by atoms with E-state index in [0.29, 0.717) is 22.2 Å². The molecule has 1 aliphatic heterocycles. The smallest absolute Gasteiger partial charge is 0.340 e. The molecule has 1 atom stereocenters. The summed E-state index contributed by atoms with van der Waals surface area (Å²) in [5, 5.41) is 0.711. The Labute approximate surface area is 169 Å². The normalized spacial score (nSPS) is 15.9. The zero-order valence-corrected chi connectivity index (χ0v) is 16.6. The lowest BCUT2D eigenvalue weighted by Crippen LogP contribution is -2.32. The molecule has 28 heavy (non-hydrogen) atoms. The minimum atomic E-state index is -0.714. The van der Waals surface area contributed by atoms with E-state index in [1.165, 1.54) is 0 Å². The molecule has 1 aliphatic rings. The molecular formula is C21H17BrN2O4. The summed E-state index contributed by atoms with van der Waals surface area (Å²) in [7, 11) is 0. The third-order valence-corrected chi connectivity index (χ3v) is 5.13. The van der Waals surface area contributed by atoms with Gasteiger partial charge in [0.2, 0.25) is 5.88 Å². The minimum absolute atomic E-state index is 0.0633. The van der Waals surface area contributed by atoms with Crippen molar-refractivity contribution in [3.63, 3.8) is 0 Å². The fourth-order valence-electron chi connectivity index (χ4n) is 3.50. The van der Waals surface area contributed by atoms with Gasteiger partial charge >= 0.3 is 5.97 Å². The monoisotopic (exact) mass is 440 g/mol. The van der Waals surface area contributed by atoms with Gasteiger partial charge < -0.3 is 20.2 Å². The number of carbonyl (C=O) groups excluding carboxylic acids is 1. The van der Waals surface area contributed by atoms with E-state index in [0.717, 1.165) is 10.0 Å². The van der Waals surface area contributed by atoms with Gasteiger partial charge in [-0.05, 0) is 36.8 Å². The maximum Gasteiger partial charge on any atom is 0.340 e. The Bertz CT molecular complexity index is 1180. The first kappa shape index (κ1) is 18.3. The molecule has 0 saturated heterocycles. The number of nitrogens with one attached hydrogen (secondary N) is 1. The highest BCUT2D eigenvalue weighted by atomic mass is 79.9. The number of pyridine rings is 1. The van der Waals surface area contributed by atoms with Crippen molar-refractivity contribution >= 4 is 32.8 Å². The van der Waals surface area contributed by atoms with Gasteiger partial charge in [0.25, 0.3) is 5.56 Å². The summed E-state index contributed by atoms with van der Waals surface area (Å²) in [5.74, 6) is -1.03. The Hall–Kier alpha value is -3.06. The summed E-state index contributed by atoms with van der Waals surface area (Å²) >= 11 is 3.45. The van der Waals surface area contributed by atoms with Crippen LogP contribution in [0.2, 0.25) is 0 Å². The number of rotatable bonds is 3. The highest BCUT2D eigenvalue weighted by molar-refractivity contribution is 9.10. The number of benzene rings is 2. The third kappa shape index (κ3) is 2.97. The molecule has 6 nitrogen and oxygen atoms in total. The molecule has 0 fully saturated rings. The van der Waals surface area contributed by atoms with E-state index < -0.39 is 11.9 Å². The van der Waals surface area contributed by atoms with E-state index in [1.807, 2.05) is 42.5 Å². The number of nitrogens with two attached hydrogens (primary N) is 1. The van der Waals surface area contributed by atoms with Crippen molar-refractivity contribution in [1.29, 1.82) is 0 Å². The van der Waals surface area contributed by atoms with Gasteiger partial charge in [-0.1, -0.05) is 40.2 Å². The molecule has 2 aromatic carbocycles. The van der Waals surface area contributed by atoms with Gasteiger partial charge in [-0.2, -0.15) is 0 Å². The SMILES string of the molecule is CCOC(=O)C1=C(N)Oc2c(c(=O)[nH]c3ccccc23)[C@@H]1c1cccc(Br)c1. The molecule has 0 unspecified atom stereocenters. The van der Waals surface area contributed by atoms with Gasteiger partial charge in [0.15, 0.2) is 0 Å². The molecule has 142 valence electrons. The van der Waals surface area contributed by atoms with Gasteiger partial charge in [0.1, 0.15) is 11.3 Å². The van der Waals surface area contributed by atoms with Crippen LogP contribution in [0.15, 0.2) is 69.3 Å². The quantitative estimate of drug-likeness (QED) is 0.607. The van der Waals surface area contributed by atoms with Crippen molar-refractivity contribution < 1.29 is 14.3 Å². The van der Waals surface area contributed by atoms with Crippen molar-refractivity contribution in [1.82, 2.24) is 4.98 Å². The summed E-state index contributed by atoms with van der Waals surface area (Å²) in [6, 6.07) is 14.7. The van der Waals surface area contributed by atoms with Crippen molar-refractivity contribution in [2.45, 2.75) is 12.8 Å². The number of aromatic amines is 1. The number of carbonyl (C=O) groups is 1. The van der Waals surface area contributed by atoms with Gasteiger partial charge in [0, 0.05) is 9.86 Å². The van der Waals surface area contributed by atoms with Crippen molar-refractivity contribution in [3.8, 4) is 5.75 Å². The van der Waals surface area contributed by atoms with Crippen LogP contribution in [0.1, 0.15) is 24.0 Å². The fraction of sp³-hybridized carbons (Fsp3) is 0.143. The Morgan fingerprint density at radius 1 is 1.25 bits per heavy atom. The summed E-state index contributed by atoms with van der Waals surface area (Å²) < 4.78 is 11.8. The first-order chi connectivity index (χ1) is 13.5. The lowest BCUT2D eigenvalue weighted by Gasteiger charge is -2.28. The van der Waals surface area contributed by atoms with Crippen LogP contribution in [0.4, 0.5) is 0 Å². The second-order valence-corrected chi connectivity index (χ2v) is 7.25. The van der Waals surface area contributed by atoms with Crippen LogP contribution >= 0.6 is 15.9 Å². The summed E-state index contributed by atoms with van der Waals surface area (Å²) in [6.45, 7) is 1.89. The average Bonchev–Trinajstić information content (AvgIpc) is 2.67. The Morgan fingerprint density at radius 2 is 2.04 bits per heavy atom. The van der Waals surface area contributed by atoms with Crippen LogP contribution in [0, 0.1) is 0 Å². The number of ether oxygens (including phenoxy) is 2. The molecule has 0 aliphatic carbocycles. The van der Waals surface area contributed by atoms with E-state index in [9.17, 15) is 9.59 Å². The van der Waals surface area contributed by atoms with Crippen LogP contribution in [0.5, 0.6) is 5.75 Å². The number of esters is 1. The number of hydrogen-bond donors (Lipinski definition) is 2. The first-order valence-electron chi connectivity index (χ1n) is 8.76. The lowest BCUT2D eigenvalue weighted by atomic mass is 9.83. The second-order valence-electron chi connectivity index (χ2n) is 6.33. The second kappa shape index (κ2) is 7.16. The van der Waals surface area contributed by atoms with E-state index in [1.54, 1.807) is 13.0 Å². The average molecular weight is 441 g/mol. The molecule has 3 N–H and O–H groups in total. The molecule has 3 aromatic rings. The highest BCUT2D eigenvalue weighted by Crippen LogP contribution is 2.43. The van der Waals surface area contributed by atoms with Gasteiger partial charge in [0.05, 0.1) is 23.6 Å². The van der Waals surface area contributed by atoms with Crippen LogP contribution < -0.4 is 16.0 Å².